The lowest BCUT2D eigenvalue weighted by Crippen LogP contribution is -2.54. The predicted molar refractivity (Wildman–Crippen MR) is 156 cm³/mol. The summed E-state index contributed by atoms with van der Waals surface area (Å²) in [4.78, 5) is 28.5. The van der Waals surface area contributed by atoms with E-state index in [0.29, 0.717) is 11.4 Å². The lowest BCUT2D eigenvalue weighted by atomic mass is 10.1. The van der Waals surface area contributed by atoms with Gasteiger partial charge in [-0.3, -0.25) is 13.9 Å². The molecule has 0 spiro atoms. The van der Waals surface area contributed by atoms with Gasteiger partial charge in [0.2, 0.25) is 11.8 Å². The minimum atomic E-state index is -4.10. The number of sulfonamides is 1. The Bertz CT molecular complexity index is 1370. The average molecular weight is 617 g/mol. The molecule has 1 atom stereocenters. The van der Waals surface area contributed by atoms with Crippen LogP contribution in [0.3, 0.4) is 0 Å². The molecule has 0 aromatic heterocycles. The molecule has 0 aliphatic heterocycles. The first-order valence-electron chi connectivity index (χ1n) is 12.4. The van der Waals surface area contributed by atoms with Gasteiger partial charge in [0.15, 0.2) is 0 Å². The molecule has 0 bridgehead atoms. The number of ether oxygens (including phenoxy) is 1. The maximum Gasteiger partial charge on any atom is 0.264 e. The van der Waals surface area contributed by atoms with E-state index in [0.717, 1.165) is 14.3 Å². The van der Waals surface area contributed by atoms with Crippen molar-refractivity contribution in [1.29, 1.82) is 0 Å². The maximum absolute atomic E-state index is 13.9. The smallest absolute Gasteiger partial charge is 0.264 e. The number of methoxy groups -OCH3 is 1. The fraction of sp³-hybridized carbons (Fsp3) is 0.310. The summed E-state index contributed by atoms with van der Waals surface area (Å²) in [6.07, 6.45) is 0. The van der Waals surface area contributed by atoms with Gasteiger partial charge in [0, 0.05) is 16.6 Å². The highest BCUT2D eigenvalue weighted by molar-refractivity contribution is 9.10. The number of nitrogens with zero attached hydrogens (tertiary/aromatic N) is 2. The average Bonchev–Trinajstić information content (AvgIpc) is 2.90. The van der Waals surface area contributed by atoms with E-state index in [1.54, 1.807) is 80.8 Å². The molecular weight excluding hydrogens is 582 g/mol. The van der Waals surface area contributed by atoms with E-state index in [1.807, 2.05) is 20.8 Å². The van der Waals surface area contributed by atoms with Crippen molar-refractivity contribution in [3.8, 4) is 5.75 Å². The van der Waals surface area contributed by atoms with Crippen LogP contribution in [0.5, 0.6) is 5.75 Å². The Balaban J connectivity index is 2.01. The van der Waals surface area contributed by atoms with Crippen LogP contribution in [0.15, 0.2) is 88.2 Å². The summed E-state index contributed by atoms with van der Waals surface area (Å²) in [6, 6.07) is 20.9. The molecule has 0 aliphatic rings. The van der Waals surface area contributed by atoms with Crippen LogP contribution in [0.1, 0.15) is 33.3 Å². The summed E-state index contributed by atoms with van der Waals surface area (Å²) in [6.45, 7) is 6.81. The summed E-state index contributed by atoms with van der Waals surface area (Å²) in [7, 11) is -2.54. The molecule has 1 N–H and O–H groups in total. The van der Waals surface area contributed by atoms with Crippen molar-refractivity contribution in [3.63, 3.8) is 0 Å². The van der Waals surface area contributed by atoms with Crippen molar-refractivity contribution in [1.82, 2.24) is 10.2 Å². The molecule has 8 nitrogen and oxygen atoms in total. The number of anilines is 1. The van der Waals surface area contributed by atoms with Crippen molar-refractivity contribution in [3.05, 3.63) is 88.9 Å². The minimum Gasteiger partial charge on any atom is -0.497 e. The monoisotopic (exact) mass is 615 g/mol. The van der Waals surface area contributed by atoms with Crippen molar-refractivity contribution in [2.45, 2.75) is 50.7 Å². The van der Waals surface area contributed by atoms with E-state index in [1.165, 1.54) is 17.0 Å². The zero-order valence-electron chi connectivity index (χ0n) is 22.7. The zero-order valence-corrected chi connectivity index (χ0v) is 25.1. The van der Waals surface area contributed by atoms with Gasteiger partial charge in [-0.25, -0.2) is 8.42 Å². The van der Waals surface area contributed by atoms with Crippen LogP contribution < -0.4 is 14.4 Å². The molecule has 10 heteroatoms. The van der Waals surface area contributed by atoms with Gasteiger partial charge in [0.05, 0.1) is 17.7 Å². The van der Waals surface area contributed by atoms with Gasteiger partial charge in [-0.2, -0.15) is 0 Å². The Morgan fingerprint density at radius 3 is 2.08 bits per heavy atom. The third-order valence-corrected chi connectivity index (χ3v) is 8.22. The number of rotatable bonds is 10. The number of benzene rings is 3. The lowest BCUT2D eigenvalue weighted by molar-refractivity contribution is -0.140. The van der Waals surface area contributed by atoms with E-state index in [4.69, 9.17) is 4.74 Å². The Morgan fingerprint density at radius 1 is 0.949 bits per heavy atom. The van der Waals surface area contributed by atoms with Gasteiger partial charge < -0.3 is 15.0 Å². The fourth-order valence-corrected chi connectivity index (χ4v) is 5.54. The van der Waals surface area contributed by atoms with Crippen LogP contribution in [0.4, 0.5) is 5.69 Å². The number of halogens is 1. The number of carbonyl (C=O) groups excluding carboxylic acids is 2. The SMILES string of the molecule is COc1ccc(CN(C(=O)CN(c2ccc(Br)cc2)S(=O)(=O)c2ccccc2)[C@@H](C)C(=O)NC(C)(C)C)cc1. The Hall–Kier alpha value is -3.37. The van der Waals surface area contributed by atoms with Crippen LogP contribution in [-0.4, -0.2) is 50.4 Å². The van der Waals surface area contributed by atoms with Gasteiger partial charge in [-0.1, -0.05) is 46.3 Å². The Kier molecular flexibility index (Phi) is 9.79. The molecule has 208 valence electrons. The fourth-order valence-electron chi connectivity index (χ4n) is 3.84. The number of hydrogen-bond donors (Lipinski definition) is 1. The standard InChI is InChI=1S/C29H34BrN3O5S/c1-21(28(35)31-29(2,3)4)32(19-22-11-17-25(38-5)18-12-22)27(34)20-33(24-15-13-23(30)14-16-24)39(36,37)26-9-7-6-8-10-26/h6-18,21H,19-20H2,1-5H3,(H,31,35)/t21-/m0/s1. The van der Waals surface area contributed by atoms with Gasteiger partial charge >= 0.3 is 0 Å². The predicted octanol–water partition coefficient (Wildman–Crippen LogP) is 4.99. The van der Waals surface area contributed by atoms with Crippen molar-refractivity contribution in [2.24, 2.45) is 0 Å². The van der Waals surface area contributed by atoms with E-state index in [-0.39, 0.29) is 17.3 Å². The number of carbonyl (C=O) groups is 2. The molecule has 3 aromatic carbocycles. The third kappa shape index (κ3) is 8.06. The first-order chi connectivity index (χ1) is 18.3. The normalized spacial score (nSPS) is 12.4. The number of hydrogen-bond acceptors (Lipinski definition) is 5. The Morgan fingerprint density at radius 2 is 1.54 bits per heavy atom. The van der Waals surface area contributed by atoms with Gasteiger partial charge in [-0.05, 0) is 81.8 Å². The second-order valence-electron chi connectivity index (χ2n) is 10.1. The third-order valence-electron chi connectivity index (χ3n) is 5.90. The largest absolute Gasteiger partial charge is 0.497 e. The second kappa shape index (κ2) is 12.7. The minimum absolute atomic E-state index is 0.0564. The van der Waals surface area contributed by atoms with E-state index in [2.05, 4.69) is 21.2 Å². The van der Waals surface area contributed by atoms with Crippen LogP contribution >= 0.6 is 15.9 Å². The Labute approximate surface area is 239 Å². The molecule has 2 amide bonds. The molecule has 3 rings (SSSR count). The van der Waals surface area contributed by atoms with Crippen molar-refractivity contribution >= 4 is 43.5 Å². The molecule has 0 fully saturated rings. The van der Waals surface area contributed by atoms with Gasteiger partial charge in [0.25, 0.3) is 10.0 Å². The first-order valence-corrected chi connectivity index (χ1v) is 14.6. The molecule has 0 aliphatic carbocycles. The van der Waals surface area contributed by atoms with Crippen LogP contribution in [-0.2, 0) is 26.2 Å². The van der Waals surface area contributed by atoms with E-state index in [9.17, 15) is 18.0 Å². The molecule has 3 aromatic rings. The van der Waals surface area contributed by atoms with Crippen LogP contribution in [0, 0.1) is 0 Å². The summed E-state index contributed by atoms with van der Waals surface area (Å²) >= 11 is 3.37. The molecular formula is C29H34BrN3O5S. The highest BCUT2D eigenvalue weighted by Gasteiger charge is 2.33. The summed E-state index contributed by atoms with van der Waals surface area (Å²) in [5.41, 5.74) is 0.576. The highest BCUT2D eigenvalue weighted by atomic mass is 79.9. The molecule has 0 saturated heterocycles. The molecule has 0 unspecified atom stereocenters. The first kappa shape index (κ1) is 30.2. The van der Waals surface area contributed by atoms with E-state index >= 15 is 0 Å². The van der Waals surface area contributed by atoms with Crippen LogP contribution in [0.2, 0.25) is 0 Å². The summed E-state index contributed by atoms with van der Waals surface area (Å²) in [5.74, 6) is -0.208. The van der Waals surface area contributed by atoms with Gasteiger partial charge in [-0.15, -0.1) is 0 Å². The number of amides is 2. The topological polar surface area (TPSA) is 96.0 Å². The lowest BCUT2D eigenvalue weighted by Gasteiger charge is -2.33. The highest BCUT2D eigenvalue weighted by Crippen LogP contribution is 2.26. The maximum atomic E-state index is 13.9. The van der Waals surface area contributed by atoms with E-state index < -0.39 is 34.1 Å². The van der Waals surface area contributed by atoms with Crippen molar-refractivity contribution in [2.75, 3.05) is 18.0 Å². The second-order valence-corrected chi connectivity index (χ2v) is 12.9. The van der Waals surface area contributed by atoms with Gasteiger partial charge in [0.1, 0.15) is 18.3 Å². The summed E-state index contributed by atoms with van der Waals surface area (Å²) in [5, 5.41) is 2.92. The quantitative estimate of drug-likeness (QED) is 0.347. The van der Waals surface area contributed by atoms with Crippen molar-refractivity contribution < 1.29 is 22.7 Å². The summed E-state index contributed by atoms with van der Waals surface area (Å²) < 4.78 is 34.6. The number of nitrogens with one attached hydrogen (secondary N) is 1. The molecule has 0 radical (unpaired) electrons. The molecule has 0 heterocycles. The molecule has 39 heavy (non-hydrogen) atoms. The van der Waals surface area contributed by atoms with Crippen LogP contribution in [0.25, 0.3) is 0 Å². The zero-order chi connectivity index (χ0) is 28.8. The molecule has 0 saturated carbocycles.